The number of halogens is 1. The Morgan fingerprint density at radius 3 is 2.45 bits per heavy atom. The molecule has 1 N–H and O–H groups in total. The third kappa shape index (κ3) is 4.08. The molecule has 2 aromatic heterocycles. The summed E-state index contributed by atoms with van der Waals surface area (Å²) in [5.41, 5.74) is 5.20. The van der Waals surface area contributed by atoms with Gasteiger partial charge >= 0.3 is 0 Å². The number of thiocarbonyl (C=S) groups is 1. The molecule has 3 heterocycles. The molecule has 0 amide bonds. The first-order valence-corrected chi connectivity index (χ1v) is 11.5. The second-order valence-corrected chi connectivity index (χ2v) is 9.01. The maximum Gasteiger partial charge on any atom is 0.174 e. The van der Waals surface area contributed by atoms with Gasteiger partial charge in [-0.2, -0.15) is 0 Å². The largest absolute Gasteiger partial charge is 0.378 e. The summed E-state index contributed by atoms with van der Waals surface area (Å²) in [5, 5.41) is 4.90. The number of rotatable bonds is 5. The lowest BCUT2D eigenvalue weighted by Gasteiger charge is -2.29. The van der Waals surface area contributed by atoms with E-state index in [-0.39, 0.29) is 12.1 Å². The van der Waals surface area contributed by atoms with Gasteiger partial charge < -0.3 is 19.7 Å². The zero-order chi connectivity index (χ0) is 22.9. The molecular formula is C26H24ClN5S. The van der Waals surface area contributed by atoms with Crippen LogP contribution in [0.5, 0.6) is 0 Å². The van der Waals surface area contributed by atoms with Gasteiger partial charge in [-0.15, -0.1) is 0 Å². The molecule has 1 saturated heterocycles. The van der Waals surface area contributed by atoms with Crippen molar-refractivity contribution in [2.45, 2.75) is 12.1 Å². The summed E-state index contributed by atoms with van der Waals surface area (Å²) in [6.45, 7) is 0. The topological polar surface area (TPSA) is 36.3 Å². The van der Waals surface area contributed by atoms with Crippen LogP contribution < -0.4 is 15.1 Å². The maximum atomic E-state index is 6.32. The van der Waals surface area contributed by atoms with Crippen molar-refractivity contribution < 1.29 is 0 Å². The molecule has 1 fully saturated rings. The highest BCUT2D eigenvalue weighted by molar-refractivity contribution is 7.80. The summed E-state index contributed by atoms with van der Waals surface area (Å²) in [6.07, 6.45) is 3.88. The number of hydrogen-bond donors (Lipinski definition) is 1. The van der Waals surface area contributed by atoms with Gasteiger partial charge in [0.05, 0.1) is 11.7 Å². The molecule has 0 aliphatic carbocycles. The molecule has 5 rings (SSSR count). The van der Waals surface area contributed by atoms with Gasteiger partial charge in [0.15, 0.2) is 5.11 Å². The lowest BCUT2D eigenvalue weighted by Crippen LogP contribution is -2.30. The van der Waals surface area contributed by atoms with Crippen LogP contribution in [0.15, 0.2) is 91.3 Å². The molecule has 0 saturated carbocycles. The summed E-state index contributed by atoms with van der Waals surface area (Å²) in [5.74, 6) is 0. The first kappa shape index (κ1) is 21.5. The van der Waals surface area contributed by atoms with Gasteiger partial charge in [0.25, 0.3) is 0 Å². The van der Waals surface area contributed by atoms with Crippen molar-refractivity contribution in [3.05, 3.63) is 108 Å². The number of aromatic nitrogens is 2. The van der Waals surface area contributed by atoms with Crippen LogP contribution in [0, 0.1) is 0 Å². The zero-order valence-corrected chi connectivity index (χ0v) is 20.0. The van der Waals surface area contributed by atoms with Crippen molar-refractivity contribution in [2.24, 2.45) is 0 Å². The minimum absolute atomic E-state index is 0.105. The van der Waals surface area contributed by atoms with Crippen LogP contribution in [0.1, 0.15) is 23.5 Å². The van der Waals surface area contributed by atoms with Crippen LogP contribution in [-0.4, -0.2) is 28.8 Å². The first-order valence-electron chi connectivity index (χ1n) is 10.7. The van der Waals surface area contributed by atoms with E-state index < -0.39 is 0 Å². The van der Waals surface area contributed by atoms with E-state index >= 15 is 0 Å². The van der Waals surface area contributed by atoms with Crippen molar-refractivity contribution in [1.82, 2.24) is 14.9 Å². The zero-order valence-electron chi connectivity index (χ0n) is 18.4. The van der Waals surface area contributed by atoms with Crippen LogP contribution >= 0.6 is 23.8 Å². The van der Waals surface area contributed by atoms with Gasteiger partial charge in [0, 0.05) is 54.3 Å². The van der Waals surface area contributed by atoms with E-state index in [4.69, 9.17) is 23.8 Å². The number of nitrogens with zero attached hydrogens (tertiary/aromatic N) is 4. The third-order valence-corrected chi connectivity index (χ3v) is 6.46. The second kappa shape index (κ2) is 8.89. The van der Waals surface area contributed by atoms with E-state index in [0.29, 0.717) is 10.1 Å². The molecule has 2 aromatic carbocycles. The first-order chi connectivity index (χ1) is 16.0. The molecule has 4 aromatic rings. The van der Waals surface area contributed by atoms with E-state index in [0.717, 1.165) is 28.5 Å². The Bertz CT molecular complexity index is 1270. The van der Waals surface area contributed by atoms with Gasteiger partial charge in [-0.1, -0.05) is 23.7 Å². The van der Waals surface area contributed by atoms with Crippen LogP contribution in [0.25, 0.3) is 5.69 Å². The molecule has 0 unspecified atom stereocenters. The SMILES string of the molecule is CN(C)c1ccc(N2C(=S)N[C@@H](c3ccccn3)[C@H]2c2cccn2-c2cccc(Cl)c2)cc1. The molecular weight excluding hydrogens is 450 g/mol. The average molecular weight is 474 g/mol. The molecule has 33 heavy (non-hydrogen) atoms. The third-order valence-electron chi connectivity index (χ3n) is 5.91. The summed E-state index contributed by atoms with van der Waals surface area (Å²) in [7, 11) is 4.07. The van der Waals surface area contributed by atoms with Crippen LogP contribution in [0.3, 0.4) is 0 Å². The summed E-state index contributed by atoms with van der Waals surface area (Å²) < 4.78 is 2.17. The molecule has 0 bridgehead atoms. The van der Waals surface area contributed by atoms with Crippen molar-refractivity contribution in [3.63, 3.8) is 0 Å². The van der Waals surface area contributed by atoms with Gasteiger partial charge in [-0.05, 0) is 78.9 Å². The fraction of sp³-hybridized carbons (Fsp3) is 0.154. The number of nitrogens with one attached hydrogen (secondary N) is 1. The van der Waals surface area contributed by atoms with Crippen LogP contribution in [-0.2, 0) is 0 Å². The standard InChI is InChI=1S/C26H24ClN5S/c1-30(2)19-11-13-20(14-12-19)32-25(24(29-26(32)33)22-9-3-4-15-28-22)23-10-6-16-31(23)21-8-5-7-18(27)17-21/h3-17,24-25H,1-2H3,(H,29,33)/t24-,25+/m0/s1. The Hall–Kier alpha value is -3.35. The highest BCUT2D eigenvalue weighted by Crippen LogP contribution is 2.42. The fourth-order valence-corrected chi connectivity index (χ4v) is 4.87. The minimum Gasteiger partial charge on any atom is -0.378 e. The lowest BCUT2D eigenvalue weighted by atomic mass is 10.0. The van der Waals surface area contributed by atoms with E-state index in [1.165, 1.54) is 0 Å². The van der Waals surface area contributed by atoms with Gasteiger partial charge in [0.1, 0.15) is 6.04 Å². The lowest BCUT2D eigenvalue weighted by molar-refractivity contribution is 0.549. The molecule has 1 aliphatic rings. The van der Waals surface area contributed by atoms with Crippen molar-refractivity contribution in [3.8, 4) is 5.69 Å². The predicted octanol–water partition coefficient (Wildman–Crippen LogP) is 5.77. The highest BCUT2D eigenvalue weighted by Gasteiger charge is 2.42. The fourth-order valence-electron chi connectivity index (χ4n) is 4.34. The van der Waals surface area contributed by atoms with Gasteiger partial charge in [0.2, 0.25) is 0 Å². The maximum absolute atomic E-state index is 6.32. The number of pyridine rings is 1. The van der Waals surface area contributed by atoms with Crippen molar-refractivity contribution in [1.29, 1.82) is 0 Å². The Morgan fingerprint density at radius 1 is 0.939 bits per heavy atom. The monoisotopic (exact) mass is 473 g/mol. The van der Waals surface area contributed by atoms with Gasteiger partial charge in [-0.3, -0.25) is 4.98 Å². The molecule has 1 aliphatic heterocycles. The Balaban J connectivity index is 1.64. The molecule has 0 spiro atoms. The molecule has 166 valence electrons. The number of anilines is 2. The van der Waals surface area contributed by atoms with E-state index in [1.807, 2.05) is 56.7 Å². The normalized spacial score (nSPS) is 17.8. The van der Waals surface area contributed by atoms with E-state index in [9.17, 15) is 0 Å². The number of benzene rings is 2. The highest BCUT2D eigenvalue weighted by atomic mass is 35.5. The smallest absolute Gasteiger partial charge is 0.174 e. The van der Waals surface area contributed by atoms with Gasteiger partial charge in [-0.25, -0.2) is 0 Å². The quantitative estimate of drug-likeness (QED) is 0.372. The molecule has 7 heteroatoms. The van der Waals surface area contributed by atoms with Crippen LogP contribution in [0.2, 0.25) is 5.02 Å². The Morgan fingerprint density at radius 2 is 1.76 bits per heavy atom. The van der Waals surface area contributed by atoms with Crippen LogP contribution in [0.4, 0.5) is 11.4 Å². The minimum atomic E-state index is -0.111. The van der Waals surface area contributed by atoms with Crippen molar-refractivity contribution >= 4 is 40.3 Å². The Labute approximate surface area is 204 Å². The summed E-state index contributed by atoms with van der Waals surface area (Å²) in [6, 6.07) is 26.3. The molecule has 5 nitrogen and oxygen atoms in total. The number of hydrogen-bond acceptors (Lipinski definition) is 3. The molecule has 2 atom stereocenters. The second-order valence-electron chi connectivity index (χ2n) is 8.19. The predicted molar refractivity (Wildman–Crippen MR) is 139 cm³/mol. The van der Waals surface area contributed by atoms with Crippen molar-refractivity contribution in [2.75, 3.05) is 23.9 Å². The summed E-state index contributed by atoms with van der Waals surface area (Å²) in [4.78, 5) is 8.92. The molecule has 0 radical (unpaired) electrons. The van der Waals surface area contributed by atoms with E-state index in [1.54, 1.807) is 0 Å². The Kier molecular flexibility index (Phi) is 5.79. The average Bonchev–Trinajstić information content (AvgIpc) is 3.44. The van der Waals surface area contributed by atoms with E-state index in [2.05, 4.69) is 73.3 Å². The summed E-state index contributed by atoms with van der Waals surface area (Å²) >= 11 is 12.2.